The van der Waals surface area contributed by atoms with Gasteiger partial charge in [0.05, 0.1) is 7.11 Å². The van der Waals surface area contributed by atoms with Gasteiger partial charge in [-0.2, -0.15) is 0 Å². The van der Waals surface area contributed by atoms with E-state index in [2.05, 4.69) is 52.1 Å². The fourth-order valence-corrected chi connectivity index (χ4v) is 1.97. The molecule has 2 nitrogen and oxygen atoms in total. The van der Waals surface area contributed by atoms with Gasteiger partial charge in [0.15, 0.2) is 0 Å². The fraction of sp³-hybridized carbons (Fsp3) is 0.600. The summed E-state index contributed by atoms with van der Waals surface area (Å²) in [6, 6.07) is 9.38. The van der Waals surface area contributed by atoms with Crippen molar-refractivity contribution in [1.82, 2.24) is 4.81 Å². The quantitative estimate of drug-likeness (QED) is 0.686. The summed E-state index contributed by atoms with van der Waals surface area (Å²) in [4.78, 5) is 2.46. The number of methoxy groups -OCH3 is 1. The van der Waals surface area contributed by atoms with Gasteiger partial charge in [-0.1, -0.05) is 45.3 Å². The molecule has 0 saturated carbocycles. The van der Waals surface area contributed by atoms with Gasteiger partial charge in [-0.25, -0.2) is 0 Å². The van der Waals surface area contributed by atoms with E-state index < -0.39 is 0 Å². The van der Waals surface area contributed by atoms with Crippen LogP contribution in [-0.4, -0.2) is 31.4 Å². The highest BCUT2D eigenvalue weighted by atomic mass is 16.5. The van der Waals surface area contributed by atoms with Crippen LogP contribution in [0.3, 0.4) is 0 Å². The van der Waals surface area contributed by atoms with Crippen molar-refractivity contribution in [2.75, 3.05) is 7.11 Å². The standard InChI is InChI=1S/C15H25BNO/c1-6-12(3)17(13(4)7-2)16-14-8-10-15(18-5)11-9-14/h8-13H,6-7H2,1-5H3. The zero-order valence-electron chi connectivity index (χ0n) is 12.3. The van der Waals surface area contributed by atoms with Gasteiger partial charge in [0.25, 0.3) is 0 Å². The molecule has 0 bridgehead atoms. The molecular formula is C15H25BNO. The highest BCUT2D eigenvalue weighted by Gasteiger charge is 2.18. The predicted octanol–water partition coefficient (Wildman–Crippen LogP) is 2.84. The third kappa shape index (κ3) is 4.06. The van der Waals surface area contributed by atoms with Crippen LogP contribution >= 0.6 is 0 Å². The molecule has 1 radical (unpaired) electrons. The summed E-state index contributed by atoms with van der Waals surface area (Å²) in [6.45, 7) is 9.04. The van der Waals surface area contributed by atoms with E-state index in [1.54, 1.807) is 7.11 Å². The summed E-state index contributed by atoms with van der Waals surface area (Å²) in [7, 11) is 3.96. The fourth-order valence-electron chi connectivity index (χ4n) is 1.97. The third-order valence-corrected chi connectivity index (χ3v) is 3.61. The van der Waals surface area contributed by atoms with E-state index in [-0.39, 0.29) is 0 Å². The van der Waals surface area contributed by atoms with Crippen LogP contribution in [0.15, 0.2) is 24.3 Å². The number of nitrogens with zero attached hydrogens (tertiary/aromatic N) is 1. The molecule has 0 aliphatic carbocycles. The Hall–Kier alpha value is -0.955. The van der Waals surface area contributed by atoms with Crippen molar-refractivity contribution in [3.8, 4) is 5.75 Å². The average molecular weight is 246 g/mol. The van der Waals surface area contributed by atoms with Crippen LogP contribution < -0.4 is 10.2 Å². The summed E-state index contributed by atoms with van der Waals surface area (Å²) >= 11 is 0. The molecular weight excluding hydrogens is 221 g/mol. The highest BCUT2D eigenvalue weighted by Crippen LogP contribution is 2.11. The zero-order valence-corrected chi connectivity index (χ0v) is 12.3. The lowest BCUT2D eigenvalue weighted by molar-refractivity contribution is 0.271. The van der Waals surface area contributed by atoms with Crippen LogP contribution in [0.2, 0.25) is 0 Å². The molecule has 0 spiro atoms. The van der Waals surface area contributed by atoms with E-state index in [0.717, 1.165) is 18.6 Å². The van der Waals surface area contributed by atoms with Gasteiger partial charge >= 0.3 is 0 Å². The predicted molar refractivity (Wildman–Crippen MR) is 79.7 cm³/mol. The molecule has 0 heterocycles. The smallest absolute Gasteiger partial charge is 0.248 e. The minimum absolute atomic E-state index is 0.571. The van der Waals surface area contributed by atoms with Crippen LogP contribution in [0.5, 0.6) is 5.75 Å². The SMILES string of the molecule is CCC(C)N([B]c1ccc(OC)cc1)C(C)CC. The number of hydrogen-bond acceptors (Lipinski definition) is 2. The first kappa shape index (κ1) is 15.1. The van der Waals surface area contributed by atoms with E-state index in [9.17, 15) is 0 Å². The van der Waals surface area contributed by atoms with Gasteiger partial charge < -0.3 is 9.55 Å². The molecule has 0 fully saturated rings. The van der Waals surface area contributed by atoms with Crippen LogP contribution in [0.25, 0.3) is 0 Å². The number of benzene rings is 1. The van der Waals surface area contributed by atoms with Crippen molar-refractivity contribution >= 4 is 12.9 Å². The first-order chi connectivity index (χ1) is 8.62. The zero-order chi connectivity index (χ0) is 13.5. The minimum Gasteiger partial charge on any atom is -0.497 e. The summed E-state index contributed by atoms with van der Waals surface area (Å²) in [5.74, 6) is 0.908. The molecule has 0 aliphatic rings. The number of rotatable bonds is 7. The van der Waals surface area contributed by atoms with Crippen molar-refractivity contribution in [3.05, 3.63) is 24.3 Å². The second-order valence-electron chi connectivity index (χ2n) is 4.86. The Morgan fingerprint density at radius 2 is 1.56 bits per heavy atom. The maximum Gasteiger partial charge on any atom is 0.248 e. The summed E-state index contributed by atoms with van der Waals surface area (Å²) in [6.07, 6.45) is 2.33. The second-order valence-corrected chi connectivity index (χ2v) is 4.86. The third-order valence-electron chi connectivity index (χ3n) is 3.61. The molecule has 3 heteroatoms. The van der Waals surface area contributed by atoms with E-state index >= 15 is 0 Å². The van der Waals surface area contributed by atoms with Crippen molar-refractivity contribution < 1.29 is 4.74 Å². The van der Waals surface area contributed by atoms with Crippen LogP contribution in [0.1, 0.15) is 40.5 Å². The van der Waals surface area contributed by atoms with Crippen molar-refractivity contribution in [2.45, 2.75) is 52.6 Å². The Kier molecular flexibility index (Phi) is 6.27. The van der Waals surface area contributed by atoms with Gasteiger partial charge in [0.2, 0.25) is 7.41 Å². The molecule has 0 amide bonds. The van der Waals surface area contributed by atoms with Crippen LogP contribution in [0, 0.1) is 0 Å². The Morgan fingerprint density at radius 3 is 1.94 bits per heavy atom. The summed E-state index contributed by atoms with van der Waals surface area (Å²) in [5, 5.41) is 0. The Bertz CT molecular complexity index is 329. The first-order valence-corrected chi connectivity index (χ1v) is 6.88. The Labute approximate surface area is 113 Å². The van der Waals surface area contributed by atoms with E-state index in [4.69, 9.17) is 4.74 Å². The molecule has 0 saturated heterocycles. The lowest BCUT2D eigenvalue weighted by atomic mass is 9.77. The van der Waals surface area contributed by atoms with Crippen LogP contribution in [-0.2, 0) is 0 Å². The Morgan fingerprint density at radius 1 is 1.06 bits per heavy atom. The molecule has 2 unspecified atom stereocenters. The van der Waals surface area contributed by atoms with Gasteiger partial charge in [0, 0.05) is 0 Å². The first-order valence-electron chi connectivity index (χ1n) is 6.88. The molecule has 99 valence electrons. The Balaban J connectivity index is 2.75. The largest absolute Gasteiger partial charge is 0.497 e. The molecule has 1 aromatic rings. The van der Waals surface area contributed by atoms with Crippen molar-refractivity contribution in [1.29, 1.82) is 0 Å². The molecule has 0 N–H and O–H groups in total. The normalized spacial score (nSPS) is 14.3. The molecule has 1 rings (SSSR count). The van der Waals surface area contributed by atoms with Gasteiger partial charge in [-0.05, 0) is 37.1 Å². The maximum absolute atomic E-state index is 5.18. The van der Waals surface area contributed by atoms with E-state index in [0.29, 0.717) is 12.1 Å². The highest BCUT2D eigenvalue weighted by molar-refractivity contribution is 6.50. The monoisotopic (exact) mass is 246 g/mol. The molecule has 0 aliphatic heterocycles. The van der Waals surface area contributed by atoms with Crippen molar-refractivity contribution in [2.24, 2.45) is 0 Å². The summed E-state index contributed by atoms with van der Waals surface area (Å²) < 4.78 is 5.18. The van der Waals surface area contributed by atoms with Gasteiger partial charge in [-0.3, -0.25) is 0 Å². The topological polar surface area (TPSA) is 12.5 Å². The number of ether oxygens (including phenoxy) is 1. The van der Waals surface area contributed by atoms with Gasteiger partial charge in [0.1, 0.15) is 5.75 Å². The van der Waals surface area contributed by atoms with Crippen LogP contribution in [0.4, 0.5) is 0 Å². The minimum atomic E-state index is 0.571. The summed E-state index contributed by atoms with van der Waals surface area (Å²) in [5.41, 5.74) is 1.23. The average Bonchev–Trinajstić information content (AvgIpc) is 2.43. The maximum atomic E-state index is 5.18. The molecule has 0 aromatic heterocycles. The lowest BCUT2D eigenvalue weighted by Gasteiger charge is -2.33. The van der Waals surface area contributed by atoms with Crippen molar-refractivity contribution in [3.63, 3.8) is 0 Å². The molecule has 18 heavy (non-hydrogen) atoms. The van der Waals surface area contributed by atoms with Gasteiger partial charge in [-0.15, -0.1) is 0 Å². The van der Waals surface area contributed by atoms with E-state index in [1.807, 2.05) is 12.1 Å². The molecule has 1 aromatic carbocycles. The lowest BCUT2D eigenvalue weighted by Crippen LogP contribution is -2.46. The second kappa shape index (κ2) is 7.47. The number of hydrogen-bond donors (Lipinski definition) is 0. The molecule has 2 atom stereocenters. The van der Waals surface area contributed by atoms with E-state index in [1.165, 1.54) is 5.46 Å².